The Hall–Kier alpha value is -1.05. The lowest BCUT2D eigenvalue weighted by molar-refractivity contribution is 0.587. The van der Waals surface area contributed by atoms with E-state index in [9.17, 15) is 8.42 Å². The van der Waals surface area contributed by atoms with Crippen molar-refractivity contribution in [1.29, 1.82) is 5.26 Å². The molecule has 1 aromatic rings. The molecule has 0 aliphatic heterocycles. The van der Waals surface area contributed by atoms with Crippen LogP contribution in [0.4, 0.5) is 0 Å². The zero-order valence-electron chi connectivity index (χ0n) is 8.14. The molecule has 0 aliphatic carbocycles. The van der Waals surface area contributed by atoms with Gasteiger partial charge in [-0.1, -0.05) is 12.1 Å². The van der Waals surface area contributed by atoms with Crippen molar-refractivity contribution in [2.45, 2.75) is 17.1 Å². The number of rotatable bonds is 3. The SMILES string of the molecule is CC(CCl)S(=O)(=O)c1ccccc1C#N. The van der Waals surface area contributed by atoms with Gasteiger partial charge in [-0.25, -0.2) is 8.42 Å². The summed E-state index contributed by atoms with van der Waals surface area (Å²) in [5.74, 6) is 0.0160. The number of hydrogen-bond acceptors (Lipinski definition) is 3. The van der Waals surface area contributed by atoms with E-state index in [4.69, 9.17) is 16.9 Å². The lowest BCUT2D eigenvalue weighted by Crippen LogP contribution is -2.20. The number of nitriles is 1. The van der Waals surface area contributed by atoms with E-state index < -0.39 is 15.1 Å². The fourth-order valence-electron chi connectivity index (χ4n) is 1.11. The minimum absolute atomic E-state index is 0.0160. The summed E-state index contributed by atoms with van der Waals surface area (Å²) in [7, 11) is -3.49. The molecule has 0 radical (unpaired) electrons. The molecule has 0 spiro atoms. The van der Waals surface area contributed by atoms with Crippen molar-refractivity contribution in [3.8, 4) is 6.07 Å². The first-order valence-electron chi connectivity index (χ1n) is 4.33. The van der Waals surface area contributed by atoms with Crippen LogP contribution in [-0.4, -0.2) is 19.5 Å². The van der Waals surface area contributed by atoms with Crippen LogP contribution >= 0.6 is 11.6 Å². The number of alkyl halides is 1. The maximum Gasteiger partial charge on any atom is 0.183 e. The van der Waals surface area contributed by atoms with Crippen LogP contribution in [0, 0.1) is 11.3 Å². The van der Waals surface area contributed by atoms with Gasteiger partial charge < -0.3 is 0 Å². The average Bonchev–Trinajstić information content (AvgIpc) is 2.27. The molecule has 0 saturated carbocycles. The van der Waals surface area contributed by atoms with E-state index in [0.717, 1.165) is 0 Å². The molecule has 1 aromatic carbocycles. The van der Waals surface area contributed by atoms with Gasteiger partial charge in [-0.3, -0.25) is 0 Å². The van der Waals surface area contributed by atoms with Gasteiger partial charge in [-0.2, -0.15) is 5.26 Å². The van der Waals surface area contributed by atoms with Crippen LogP contribution in [0.2, 0.25) is 0 Å². The van der Waals surface area contributed by atoms with Gasteiger partial charge in [0, 0.05) is 5.88 Å². The molecule has 1 unspecified atom stereocenters. The van der Waals surface area contributed by atoms with Gasteiger partial charge in [0.2, 0.25) is 0 Å². The third-order valence-corrected chi connectivity index (χ3v) is 4.90. The highest BCUT2D eigenvalue weighted by Crippen LogP contribution is 2.20. The van der Waals surface area contributed by atoms with Crippen LogP contribution in [0.1, 0.15) is 12.5 Å². The minimum atomic E-state index is -3.49. The smallest absolute Gasteiger partial charge is 0.183 e. The van der Waals surface area contributed by atoms with E-state index in [2.05, 4.69) is 0 Å². The number of nitrogens with zero attached hydrogens (tertiary/aromatic N) is 1. The zero-order valence-corrected chi connectivity index (χ0v) is 9.72. The number of benzene rings is 1. The third kappa shape index (κ3) is 2.31. The summed E-state index contributed by atoms with van der Waals surface area (Å²) in [5, 5.41) is 8.10. The van der Waals surface area contributed by atoms with Gasteiger partial charge >= 0.3 is 0 Å². The Balaban J connectivity index is 3.35. The van der Waals surface area contributed by atoms with Gasteiger partial charge in [0.25, 0.3) is 0 Å². The van der Waals surface area contributed by atoms with E-state index in [-0.39, 0.29) is 16.3 Å². The summed E-state index contributed by atoms with van der Waals surface area (Å²) in [4.78, 5) is 0.0562. The van der Waals surface area contributed by atoms with Gasteiger partial charge in [0.15, 0.2) is 9.84 Å². The first kappa shape index (κ1) is 12.0. The molecule has 0 amide bonds. The molecule has 0 bridgehead atoms. The summed E-state index contributed by atoms with van der Waals surface area (Å²) in [5.41, 5.74) is 0.162. The van der Waals surface area contributed by atoms with Crippen molar-refractivity contribution in [1.82, 2.24) is 0 Å². The van der Waals surface area contributed by atoms with Crippen LogP contribution in [0.5, 0.6) is 0 Å². The highest BCUT2D eigenvalue weighted by atomic mass is 35.5. The van der Waals surface area contributed by atoms with Crippen molar-refractivity contribution >= 4 is 21.4 Å². The zero-order chi connectivity index (χ0) is 11.5. The van der Waals surface area contributed by atoms with Crippen molar-refractivity contribution in [3.05, 3.63) is 29.8 Å². The average molecular weight is 244 g/mol. The maximum absolute atomic E-state index is 11.9. The highest BCUT2D eigenvalue weighted by molar-refractivity contribution is 7.92. The molecule has 5 heteroatoms. The normalized spacial score (nSPS) is 13.1. The molecule has 0 N–H and O–H groups in total. The van der Waals surface area contributed by atoms with Crippen LogP contribution in [0.3, 0.4) is 0 Å². The molecular weight excluding hydrogens is 234 g/mol. The third-order valence-electron chi connectivity index (χ3n) is 2.06. The highest BCUT2D eigenvalue weighted by Gasteiger charge is 2.24. The molecule has 80 valence electrons. The minimum Gasteiger partial charge on any atom is -0.223 e. The number of hydrogen-bond donors (Lipinski definition) is 0. The van der Waals surface area contributed by atoms with Crippen LogP contribution < -0.4 is 0 Å². The van der Waals surface area contributed by atoms with Gasteiger partial charge in [-0.05, 0) is 19.1 Å². The van der Waals surface area contributed by atoms with Crippen molar-refractivity contribution in [2.75, 3.05) is 5.88 Å². The van der Waals surface area contributed by atoms with Crippen LogP contribution in [-0.2, 0) is 9.84 Å². The van der Waals surface area contributed by atoms with E-state index in [1.54, 1.807) is 12.1 Å². The molecule has 0 aliphatic rings. The monoisotopic (exact) mass is 243 g/mol. The molecule has 15 heavy (non-hydrogen) atoms. The van der Waals surface area contributed by atoms with Crippen molar-refractivity contribution in [3.63, 3.8) is 0 Å². The summed E-state index contributed by atoms with van der Waals surface area (Å²) in [6, 6.07) is 7.99. The van der Waals surface area contributed by atoms with Crippen LogP contribution in [0.15, 0.2) is 29.2 Å². The second-order valence-corrected chi connectivity index (χ2v) is 5.76. The molecule has 0 fully saturated rings. The fourth-order valence-corrected chi connectivity index (χ4v) is 2.89. The molecule has 0 saturated heterocycles. The summed E-state index contributed by atoms with van der Waals surface area (Å²) in [6.45, 7) is 1.52. The Bertz CT molecular complexity index is 490. The van der Waals surface area contributed by atoms with Crippen molar-refractivity contribution < 1.29 is 8.42 Å². The van der Waals surface area contributed by atoms with Gasteiger partial charge in [0.05, 0.1) is 15.7 Å². The Morgan fingerprint density at radius 3 is 2.60 bits per heavy atom. The fraction of sp³-hybridized carbons (Fsp3) is 0.300. The van der Waals surface area contributed by atoms with E-state index in [0.29, 0.717) is 0 Å². The summed E-state index contributed by atoms with van der Waals surface area (Å²) in [6.07, 6.45) is 0. The number of halogens is 1. The predicted molar refractivity (Wildman–Crippen MR) is 58.5 cm³/mol. The Labute approximate surface area is 94.2 Å². The topological polar surface area (TPSA) is 57.9 Å². The lowest BCUT2D eigenvalue weighted by Gasteiger charge is -2.10. The van der Waals surface area contributed by atoms with E-state index in [1.807, 2.05) is 6.07 Å². The Kier molecular flexibility index (Phi) is 3.72. The largest absolute Gasteiger partial charge is 0.223 e. The van der Waals surface area contributed by atoms with Gasteiger partial charge in [-0.15, -0.1) is 11.6 Å². The molecule has 0 aromatic heterocycles. The first-order valence-corrected chi connectivity index (χ1v) is 6.41. The Morgan fingerprint density at radius 1 is 1.47 bits per heavy atom. The molecule has 1 rings (SSSR count). The molecule has 0 heterocycles. The molecule has 3 nitrogen and oxygen atoms in total. The Morgan fingerprint density at radius 2 is 2.07 bits per heavy atom. The molecule has 1 atom stereocenters. The summed E-state index contributed by atoms with van der Waals surface area (Å²) < 4.78 is 23.8. The predicted octanol–water partition coefficient (Wildman–Crippen LogP) is 1.96. The second-order valence-electron chi connectivity index (χ2n) is 3.12. The second kappa shape index (κ2) is 4.65. The standard InChI is InChI=1S/C10H10ClNO2S/c1-8(6-11)15(13,14)10-5-3-2-4-9(10)7-12/h2-5,8H,6H2,1H3. The summed E-state index contributed by atoms with van der Waals surface area (Å²) >= 11 is 5.52. The quantitative estimate of drug-likeness (QED) is 0.763. The first-order chi connectivity index (χ1) is 7.04. The van der Waals surface area contributed by atoms with E-state index >= 15 is 0 Å². The lowest BCUT2D eigenvalue weighted by atomic mass is 10.2. The van der Waals surface area contributed by atoms with E-state index in [1.165, 1.54) is 19.1 Å². The number of sulfone groups is 1. The van der Waals surface area contributed by atoms with Crippen LogP contribution in [0.25, 0.3) is 0 Å². The van der Waals surface area contributed by atoms with Crippen molar-refractivity contribution in [2.24, 2.45) is 0 Å². The molecular formula is C10H10ClNO2S. The van der Waals surface area contributed by atoms with Gasteiger partial charge in [0.1, 0.15) is 6.07 Å². The maximum atomic E-state index is 11.9.